The number of phenols is 2. The summed E-state index contributed by atoms with van der Waals surface area (Å²) in [6.45, 7) is 39.9. The Morgan fingerprint density at radius 2 is 0.544 bits per heavy atom. The van der Waals surface area contributed by atoms with Crippen molar-refractivity contribution in [1.29, 1.82) is 0 Å². The van der Waals surface area contributed by atoms with Crippen LogP contribution in [0, 0.1) is 0 Å². The normalized spacial score (nSPS) is 14.4. The molecule has 8 bridgehead atoms. The Balaban J connectivity index is 2.06. The Hall–Kier alpha value is -3.62. The van der Waals surface area contributed by atoms with E-state index in [0.29, 0.717) is 44.5 Å². The minimum Gasteiger partial charge on any atom is -0.507 e. The number of fused-ring (bicyclic) bond motifs is 8. The predicted octanol–water partition coefficient (Wildman–Crippen LogP) is 15.6. The molecule has 0 saturated heterocycles. The lowest BCUT2D eigenvalue weighted by Gasteiger charge is -2.30. The quantitative estimate of drug-likeness (QED) is 0.117. The molecule has 0 aliphatic heterocycles. The van der Waals surface area contributed by atoms with Crippen LogP contribution >= 0.6 is 15.6 Å². The van der Waals surface area contributed by atoms with Crippen LogP contribution in [0.3, 0.4) is 0 Å². The van der Waals surface area contributed by atoms with Crippen molar-refractivity contribution in [3.63, 3.8) is 0 Å². The lowest BCUT2D eigenvalue weighted by atomic mass is 9.79. The zero-order valence-corrected chi connectivity index (χ0v) is 46.6. The van der Waals surface area contributed by atoms with Gasteiger partial charge in [-0.05, 0) is 144 Å². The second-order valence-corrected chi connectivity index (χ2v) is 26.9. The molecule has 5 rings (SSSR count). The maximum absolute atomic E-state index is 15.0. The van der Waals surface area contributed by atoms with Crippen molar-refractivity contribution in [1.82, 2.24) is 0 Å². The highest BCUT2D eigenvalue weighted by Crippen LogP contribution is 2.57. The summed E-state index contributed by atoms with van der Waals surface area (Å²) in [5.41, 5.74) is 7.68. The number of hydrogen-bond acceptors (Lipinski definition) is 10. The zero-order valence-electron chi connectivity index (χ0n) is 44.8. The van der Waals surface area contributed by atoms with Gasteiger partial charge in [0, 0.05) is 25.7 Å². The van der Waals surface area contributed by atoms with E-state index in [1.54, 1.807) is 55.4 Å². The first kappa shape index (κ1) is 55.3. The van der Waals surface area contributed by atoms with Gasteiger partial charge in [0.25, 0.3) is 0 Å². The van der Waals surface area contributed by atoms with Crippen LogP contribution in [0.1, 0.15) is 205 Å². The van der Waals surface area contributed by atoms with Gasteiger partial charge in [0.1, 0.15) is 23.0 Å². The number of aromatic hydroxyl groups is 2. The van der Waals surface area contributed by atoms with Crippen molar-refractivity contribution in [3.8, 4) is 23.0 Å². The Labute approximate surface area is 409 Å². The molecule has 0 radical (unpaired) electrons. The highest BCUT2D eigenvalue weighted by Gasteiger charge is 2.38. The monoisotopic (exact) mass is 977 g/mol. The van der Waals surface area contributed by atoms with Gasteiger partial charge in [-0.15, -0.1) is 0 Å². The van der Waals surface area contributed by atoms with Gasteiger partial charge in [-0.2, -0.15) is 0 Å². The average Bonchev–Trinajstić information content (AvgIpc) is 3.13. The number of rotatable bonds is 12. The average molecular weight is 977 g/mol. The van der Waals surface area contributed by atoms with E-state index in [1.165, 1.54) is 0 Å². The second-order valence-electron chi connectivity index (χ2n) is 23.9. The smallest absolute Gasteiger partial charge is 0.507 e. The van der Waals surface area contributed by atoms with Gasteiger partial charge in [0.05, 0.1) is 24.4 Å². The standard InChI is InChI=1S/C56H82O10P2/c1-33(2)61-67(59,62-34(3)4)65-51-41-22-39-27-45(53(9,10)11)25-37(49(39)57)21-38-26-46(54(12,13)14)28-40(50(38)58)23-42-30-48(56(18,19)20)32-44(24-43(51)31-47(29-41)55(15,16)17)52(42)66-68(60,63-35(5)6)64-36(7)8/h25-36,57-58H,21-24H2,1-20H3. The number of phosphoric acid groups is 2. The molecule has 0 heterocycles. The summed E-state index contributed by atoms with van der Waals surface area (Å²) in [6.07, 6.45) is -1.37. The summed E-state index contributed by atoms with van der Waals surface area (Å²) in [7, 11) is -8.65. The van der Waals surface area contributed by atoms with Gasteiger partial charge in [0.15, 0.2) is 0 Å². The van der Waals surface area contributed by atoms with Crippen molar-refractivity contribution in [2.24, 2.45) is 0 Å². The van der Waals surface area contributed by atoms with E-state index in [0.717, 1.165) is 22.3 Å². The molecule has 0 fully saturated rings. The molecule has 2 N–H and O–H groups in total. The van der Waals surface area contributed by atoms with E-state index in [4.69, 9.17) is 27.1 Å². The summed E-state index contributed by atoms with van der Waals surface area (Å²) >= 11 is 0. The third-order valence-electron chi connectivity index (χ3n) is 11.8. The van der Waals surface area contributed by atoms with E-state index >= 15 is 9.13 Å². The van der Waals surface area contributed by atoms with E-state index in [-0.39, 0.29) is 70.3 Å². The van der Waals surface area contributed by atoms with Crippen LogP contribution in [0.2, 0.25) is 0 Å². The van der Waals surface area contributed by atoms with E-state index in [2.05, 4.69) is 107 Å². The lowest BCUT2D eigenvalue weighted by molar-refractivity contribution is 0.102. The fourth-order valence-corrected chi connectivity index (χ4v) is 11.5. The van der Waals surface area contributed by atoms with E-state index in [9.17, 15) is 10.2 Å². The van der Waals surface area contributed by atoms with Crippen molar-refractivity contribution >= 4 is 15.6 Å². The molecule has 4 aromatic carbocycles. The van der Waals surface area contributed by atoms with Crippen molar-refractivity contribution in [3.05, 3.63) is 115 Å². The Bertz CT molecular complexity index is 2360. The van der Waals surface area contributed by atoms with Crippen molar-refractivity contribution in [2.45, 2.75) is 210 Å². The first-order valence-electron chi connectivity index (χ1n) is 24.3. The molecule has 0 spiro atoms. The van der Waals surface area contributed by atoms with Gasteiger partial charge < -0.3 is 19.3 Å². The molecule has 0 atom stereocenters. The van der Waals surface area contributed by atoms with Gasteiger partial charge in [-0.3, -0.25) is 18.1 Å². The minimum atomic E-state index is -4.33. The first-order chi connectivity index (χ1) is 31.0. The Morgan fingerprint density at radius 3 is 0.735 bits per heavy atom. The molecule has 1 aliphatic rings. The van der Waals surface area contributed by atoms with Crippen LogP contribution in [0.25, 0.3) is 0 Å². The van der Waals surface area contributed by atoms with Crippen molar-refractivity contribution < 1.29 is 46.5 Å². The number of hydrogen-bond donors (Lipinski definition) is 2. The molecule has 0 saturated carbocycles. The fraction of sp³-hybridized carbons (Fsp3) is 0.571. The molecular weight excluding hydrogens is 895 g/mol. The highest BCUT2D eigenvalue weighted by molar-refractivity contribution is 7.49. The fourth-order valence-electron chi connectivity index (χ4n) is 8.27. The van der Waals surface area contributed by atoms with Gasteiger partial charge in [-0.1, -0.05) is 132 Å². The molecule has 4 aromatic rings. The summed E-state index contributed by atoms with van der Waals surface area (Å²) in [6, 6.07) is 16.4. The third-order valence-corrected chi connectivity index (χ3v) is 15.3. The number of phosphoric ester groups is 2. The summed E-state index contributed by atoms with van der Waals surface area (Å²) in [5, 5.41) is 25.0. The molecule has 0 aromatic heterocycles. The zero-order chi connectivity index (χ0) is 51.3. The van der Waals surface area contributed by atoms with Crippen LogP contribution in [0.5, 0.6) is 23.0 Å². The van der Waals surface area contributed by atoms with Gasteiger partial charge in [0.2, 0.25) is 0 Å². The Morgan fingerprint density at radius 1 is 0.368 bits per heavy atom. The Kier molecular flexibility index (Phi) is 16.5. The van der Waals surface area contributed by atoms with Crippen LogP contribution in [0.4, 0.5) is 0 Å². The summed E-state index contributed by atoms with van der Waals surface area (Å²) in [5.74, 6) is 0.761. The van der Waals surface area contributed by atoms with Crippen LogP contribution in [0.15, 0.2) is 48.5 Å². The van der Waals surface area contributed by atoms with E-state index < -0.39 is 40.1 Å². The second kappa shape index (κ2) is 20.2. The molecule has 12 heteroatoms. The lowest BCUT2D eigenvalue weighted by Crippen LogP contribution is -2.18. The van der Waals surface area contributed by atoms with E-state index in [1.807, 2.05) is 24.3 Å². The maximum Gasteiger partial charge on any atom is 0.530 e. The van der Waals surface area contributed by atoms with Crippen LogP contribution in [-0.4, -0.2) is 34.6 Å². The minimum absolute atomic E-state index is 0.0997. The largest absolute Gasteiger partial charge is 0.530 e. The SMILES string of the molecule is CC(C)OP(=O)(Oc1c2cc(C(C)(C)C)cc1Cc1cc(C(C)(C)C)cc(c1OP(=O)(OC(C)C)OC(C)C)Cc1cc(C(C)(C)C)cc(c1O)Cc1cc(C(C)(C)C)cc(c1O)C2)OC(C)C. The maximum atomic E-state index is 15.0. The molecular formula is C56H82O10P2. The predicted molar refractivity (Wildman–Crippen MR) is 276 cm³/mol. The molecule has 376 valence electrons. The van der Waals surface area contributed by atoms with Crippen LogP contribution < -0.4 is 9.05 Å². The van der Waals surface area contributed by atoms with Crippen LogP contribution in [-0.2, 0) is 74.6 Å². The number of benzene rings is 4. The third kappa shape index (κ3) is 13.8. The highest BCUT2D eigenvalue weighted by atomic mass is 31.2. The topological polar surface area (TPSA) is 130 Å². The number of phenolic OH excluding ortho intramolecular Hbond substituents is 2. The molecule has 10 nitrogen and oxygen atoms in total. The molecule has 0 unspecified atom stereocenters. The summed E-state index contributed by atoms with van der Waals surface area (Å²) < 4.78 is 67.9. The van der Waals surface area contributed by atoms with Gasteiger partial charge in [-0.25, -0.2) is 9.13 Å². The molecule has 0 amide bonds. The summed E-state index contributed by atoms with van der Waals surface area (Å²) in [4.78, 5) is 0. The van der Waals surface area contributed by atoms with Gasteiger partial charge >= 0.3 is 15.6 Å². The van der Waals surface area contributed by atoms with Crippen molar-refractivity contribution in [2.75, 3.05) is 0 Å². The molecule has 1 aliphatic carbocycles. The first-order valence-corrected chi connectivity index (χ1v) is 27.2. The molecule has 68 heavy (non-hydrogen) atoms.